The van der Waals surface area contributed by atoms with Crippen molar-refractivity contribution in [2.75, 3.05) is 0 Å². The number of aromatic nitrogens is 1. The molecule has 1 saturated heterocycles. The molecule has 5 nitrogen and oxygen atoms in total. The van der Waals surface area contributed by atoms with Gasteiger partial charge in [-0.25, -0.2) is 0 Å². The molecule has 2 atom stereocenters. The summed E-state index contributed by atoms with van der Waals surface area (Å²) in [5, 5.41) is 11.6. The van der Waals surface area contributed by atoms with Crippen molar-refractivity contribution in [3.05, 3.63) is 30.1 Å². The van der Waals surface area contributed by atoms with Crippen LogP contribution in [0.3, 0.4) is 0 Å². The molecule has 2 unspecified atom stereocenters. The van der Waals surface area contributed by atoms with Gasteiger partial charge in [0.05, 0.1) is 5.92 Å². The number of pyridine rings is 1. The van der Waals surface area contributed by atoms with E-state index in [1.54, 1.807) is 12.3 Å². The normalized spacial score (nSPS) is 24.1. The maximum absolute atomic E-state index is 11.2. The van der Waals surface area contributed by atoms with E-state index in [4.69, 9.17) is 5.11 Å². The first-order valence-electron chi connectivity index (χ1n) is 5.09. The Hall–Kier alpha value is -1.91. The number of carbonyl (C=O) groups is 2. The summed E-state index contributed by atoms with van der Waals surface area (Å²) in [6.07, 6.45) is 2.18. The molecule has 0 aliphatic carbocycles. The van der Waals surface area contributed by atoms with Crippen molar-refractivity contribution in [2.24, 2.45) is 5.92 Å². The predicted molar refractivity (Wildman–Crippen MR) is 55.6 cm³/mol. The maximum atomic E-state index is 11.2. The van der Waals surface area contributed by atoms with Crippen molar-refractivity contribution < 1.29 is 14.7 Å². The number of carboxylic acid groups (broad SMARTS) is 1. The molecule has 0 aromatic carbocycles. The van der Waals surface area contributed by atoms with Crippen molar-refractivity contribution in [1.82, 2.24) is 10.3 Å². The SMILES string of the molecule is O=C1CC(C(=O)O)C(Cc2ccccn2)N1. The zero-order valence-electron chi connectivity index (χ0n) is 8.59. The monoisotopic (exact) mass is 220 g/mol. The van der Waals surface area contributed by atoms with Crippen molar-refractivity contribution in [3.8, 4) is 0 Å². The minimum atomic E-state index is -0.931. The molecule has 1 aliphatic rings. The Morgan fingerprint density at radius 2 is 2.38 bits per heavy atom. The zero-order chi connectivity index (χ0) is 11.5. The number of hydrogen-bond acceptors (Lipinski definition) is 3. The van der Waals surface area contributed by atoms with Crippen molar-refractivity contribution in [1.29, 1.82) is 0 Å². The predicted octanol–water partition coefficient (Wildman–Crippen LogP) is 0.213. The summed E-state index contributed by atoms with van der Waals surface area (Å²) in [5.74, 6) is -1.78. The summed E-state index contributed by atoms with van der Waals surface area (Å²) < 4.78 is 0. The van der Waals surface area contributed by atoms with Crippen LogP contribution >= 0.6 is 0 Å². The van der Waals surface area contributed by atoms with Crippen molar-refractivity contribution in [2.45, 2.75) is 18.9 Å². The van der Waals surface area contributed by atoms with Gasteiger partial charge < -0.3 is 10.4 Å². The first-order chi connectivity index (χ1) is 7.66. The molecule has 0 spiro atoms. The van der Waals surface area contributed by atoms with Crippen molar-refractivity contribution >= 4 is 11.9 Å². The van der Waals surface area contributed by atoms with E-state index < -0.39 is 11.9 Å². The lowest BCUT2D eigenvalue weighted by Gasteiger charge is -2.14. The second kappa shape index (κ2) is 4.30. The third-order valence-corrected chi connectivity index (χ3v) is 2.71. The average Bonchev–Trinajstić information content (AvgIpc) is 2.61. The van der Waals surface area contributed by atoms with E-state index in [9.17, 15) is 9.59 Å². The lowest BCUT2D eigenvalue weighted by atomic mass is 9.97. The lowest BCUT2D eigenvalue weighted by molar-refractivity contribution is -0.142. The van der Waals surface area contributed by atoms with Crippen LogP contribution in [0, 0.1) is 5.92 Å². The average molecular weight is 220 g/mol. The van der Waals surface area contributed by atoms with Crippen LogP contribution in [0.4, 0.5) is 0 Å². The molecule has 5 heteroatoms. The highest BCUT2D eigenvalue weighted by atomic mass is 16.4. The fourth-order valence-corrected chi connectivity index (χ4v) is 1.91. The summed E-state index contributed by atoms with van der Waals surface area (Å²) in [6.45, 7) is 0. The third kappa shape index (κ3) is 2.18. The molecule has 1 aromatic heterocycles. The number of hydrogen-bond donors (Lipinski definition) is 2. The van der Waals surface area contributed by atoms with Gasteiger partial charge in [0.2, 0.25) is 5.91 Å². The molecule has 1 aliphatic heterocycles. The van der Waals surface area contributed by atoms with Gasteiger partial charge in [-0.3, -0.25) is 14.6 Å². The smallest absolute Gasteiger partial charge is 0.309 e. The van der Waals surface area contributed by atoms with Crippen LogP contribution < -0.4 is 5.32 Å². The van der Waals surface area contributed by atoms with E-state index >= 15 is 0 Å². The summed E-state index contributed by atoms with van der Waals surface area (Å²) in [7, 11) is 0. The van der Waals surface area contributed by atoms with Gasteiger partial charge in [0.1, 0.15) is 0 Å². The topological polar surface area (TPSA) is 79.3 Å². The number of nitrogens with one attached hydrogen (secondary N) is 1. The van der Waals surface area contributed by atoms with E-state index in [1.807, 2.05) is 12.1 Å². The molecule has 2 rings (SSSR count). The van der Waals surface area contributed by atoms with Gasteiger partial charge >= 0.3 is 5.97 Å². The molecule has 1 amide bonds. The van der Waals surface area contributed by atoms with Crippen LogP contribution in [-0.2, 0) is 16.0 Å². The summed E-state index contributed by atoms with van der Waals surface area (Å²) in [5.41, 5.74) is 0.793. The fraction of sp³-hybridized carbons (Fsp3) is 0.364. The maximum Gasteiger partial charge on any atom is 0.309 e. The molecule has 2 heterocycles. The molecule has 16 heavy (non-hydrogen) atoms. The Kier molecular flexibility index (Phi) is 2.85. The highest BCUT2D eigenvalue weighted by Gasteiger charge is 2.37. The second-order valence-electron chi connectivity index (χ2n) is 3.85. The molecule has 1 fully saturated rings. The first kappa shape index (κ1) is 10.6. The minimum absolute atomic E-state index is 0.0623. The molecule has 0 radical (unpaired) electrons. The summed E-state index contributed by atoms with van der Waals surface area (Å²) in [4.78, 5) is 26.2. The first-order valence-corrected chi connectivity index (χ1v) is 5.09. The molecule has 0 saturated carbocycles. The van der Waals surface area contributed by atoms with Crippen LogP contribution in [0.1, 0.15) is 12.1 Å². The number of aliphatic carboxylic acids is 1. The van der Waals surface area contributed by atoms with E-state index in [0.29, 0.717) is 6.42 Å². The van der Waals surface area contributed by atoms with Crippen molar-refractivity contribution in [3.63, 3.8) is 0 Å². The van der Waals surface area contributed by atoms with Gasteiger partial charge in [-0.1, -0.05) is 6.07 Å². The van der Waals surface area contributed by atoms with Gasteiger partial charge in [0.15, 0.2) is 0 Å². The number of carbonyl (C=O) groups excluding carboxylic acids is 1. The zero-order valence-corrected chi connectivity index (χ0v) is 8.59. The molecule has 84 valence electrons. The largest absolute Gasteiger partial charge is 0.481 e. The minimum Gasteiger partial charge on any atom is -0.481 e. The Morgan fingerprint density at radius 3 is 3.00 bits per heavy atom. The number of carboxylic acids is 1. The quantitative estimate of drug-likeness (QED) is 0.763. The van der Waals surface area contributed by atoms with Crippen LogP contribution in [0.5, 0.6) is 0 Å². The van der Waals surface area contributed by atoms with E-state index in [1.165, 1.54) is 0 Å². The fourth-order valence-electron chi connectivity index (χ4n) is 1.91. The van der Waals surface area contributed by atoms with Crippen LogP contribution in [0.2, 0.25) is 0 Å². The third-order valence-electron chi connectivity index (χ3n) is 2.71. The highest BCUT2D eigenvalue weighted by Crippen LogP contribution is 2.19. The van der Waals surface area contributed by atoms with Gasteiger partial charge in [-0.05, 0) is 12.1 Å². The summed E-state index contributed by atoms with van der Waals surface area (Å²) >= 11 is 0. The Morgan fingerprint density at radius 1 is 1.56 bits per heavy atom. The molecule has 1 aromatic rings. The summed E-state index contributed by atoms with van der Waals surface area (Å²) in [6, 6.07) is 5.11. The molecule has 0 bridgehead atoms. The van der Waals surface area contributed by atoms with Crippen LogP contribution in [0.15, 0.2) is 24.4 Å². The van der Waals surface area contributed by atoms with E-state index in [2.05, 4.69) is 10.3 Å². The van der Waals surface area contributed by atoms with Crippen LogP contribution in [0.25, 0.3) is 0 Å². The number of rotatable bonds is 3. The van der Waals surface area contributed by atoms with E-state index in [0.717, 1.165) is 5.69 Å². The van der Waals surface area contributed by atoms with Crippen LogP contribution in [-0.4, -0.2) is 28.0 Å². The highest BCUT2D eigenvalue weighted by molar-refractivity contribution is 5.86. The Balaban J connectivity index is 2.09. The second-order valence-corrected chi connectivity index (χ2v) is 3.85. The molecular formula is C11H12N2O3. The number of nitrogens with zero attached hydrogens (tertiary/aromatic N) is 1. The van der Waals surface area contributed by atoms with Gasteiger partial charge in [0, 0.05) is 30.8 Å². The molecule has 2 N–H and O–H groups in total. The van der Waals surface area contributed by atoms with Gasteiger partial charge in [-0.2, -0.15) is 0 Å². The Labute approximate surface area is 92.5 Å². The van der Waals surface area contributed by atoms with Gasteiger partial charge in [-0.15, -0.1) is 0 Å². The Bertz CT molecular complexity index is 405. The lowest BCUT2D eigenvalue weighted by Crippen LogP contribution is -2.34. The molecular weight excluding hydrogens is 208 g/mol. The standard InChI is InChI=1S/C11H12N2O3/c14-10-6-8(11(15)16)9(13-10)5-7-3-1-2-4-12-7/h1-4,8-9H,5-6H2,(H,13,14)(H,15,16). The number of amides is 1. The van der Waals surface area contributed by atoms with E-state index in [-0.39, 0.29) is 18.4 Å². The van der Waals surface area contributed by atoms with Gasteiger partial charge in [0.25, 0.3) is 0 Å².